The predicted octanol–water partition coefficient (Wildman–Crippen LogP) is 5.01. The summed E-state index contributed by atoms with van der Waals surface area (Å²) in [5.74, 6) is 1.90. The second kappa shape index (κ2) is 9.26. The molecule has 3 nitrogen and oxygen atoms in total. The maximum Gasteiger partial charge on any atom is 0.331 e. The first-order valence-electron chi connectivity index (χ1n) is 7.14. The van der Waals surface area contributed by atoms with Crippen LogP contribution >= 0.6 is 27.5 Å². The molecule has 0 radical (unpaired) electrons. The number of hydrogen-bond donors (Lipinski definition) is 0. The average Bonchev–Trinajstić information content (AvgIpc) is 2.58. The van der Waals surface area contributed by atoms with Crippen LogP contribution in [0.3, 0.4) is 0 Å². The van der Waals surface area contributed by atoms with Crippen molar-refractivity contribution >= 4 is 39.6 Å². The van der Waals surface area contributed by atoms with Crippen LogP contribution in [0.5, 0.6) is 5.75 Å². The molecule has 128 valence electrons. The van der Waals surface area contributed by atoms with Crippen LogP contribution in [0, 0.1) is 18.2 Å². The van der Waals surface area contributed by atoms with Crippen LogP contribution in [-0.4, -0.2) is 12.6 Å². The summed E-state index contributed by atoms with van der Waals surface area (Å²) in [6.07, 6.45) is 7.90. The summed E-state index contributed by atoms with van der Waals surface area (Å²) in [5.41, 5.74) is 1.45. The maximum atomic E-state index is 13.0. The molecule has 0 aliphatic carbocycles. The first-order chi connectivity index (χ1) is 12.0. The van der Waals surface area contributed by atoms with Gasteiger partial charge in [-0.1, -0.05) is 29.7 Å². The minimum atomic E-state index is -0.514. The quantitative estimate of drug-likeness (QED) is 0.372. The van der Waals surface area contributed by atoms with E-state index in [9.17, 15) is 9.18 Å². The molecule has 0 fully saturated rings. The van der Waals surface area contributed by atoms with Crippen molar-refractivity contribution in [2.75, 3.05) is 6.61 Å². The normalized spacial score (nSPS) is 10.5. The summed E-state index contributed by atoms with van der Waals surface area (Å²) in [6, 6.07) is 9.44. The van der Waals surface area contributed by atoms with Crippen molar-refractivity contribution in [3.63, 3.8) is 0 Å². The Morgan fingerprint density at radius 3 is 2.80 bits per heavy atom. The third kappa shape index (κ3) is 5.93. The summed E-state index contributed by atoms with van der Waals surface area (Å²) >= 11 is 9.38. The molecule has 0 aliphatic heterocycles. The molecular formula is C19H13BrClFO3. The number of esters is 1. The lowest BCUT2D eigenvalue weighted by molar-refractivity contribution is -0.136. The lowest BCUT2D eigenvalue weighted by Gasteiger charge is -2.10. The zero-order valence-electron chi connectivity index (χ0n) is 13.0. The summed E-state index contributed by atoms with van der Waals surface area (Å²) in [5, 5.41) is 0.307. The second-order valence-electron chi connectivity index (χ2n) is 4.86. The van der Waals surface area contributed by atoms with E-state index in [2.05, 4.69) is 21.9 Å². The van der Waals surface area contributed by atoms with Crippen molar-refractivity contribution in [2.24, 2.45) is 0 Å². The third-order valence-corrected chi connectivity index (χ3v) is 4.04. The molecule has 0 aliphatic rings. The molecule has 2 aromatic carbocycles. The Labute approximate surface area is 158 Å². The van der Waals surface area contributed by atoms with Gasteiger partial charge in [0, 0.05) is 11.6 Å². The van der Waals surface area contributed by atoms with Gasteiger partial charge in [-0.3, -0.25) is 0 Å². The fraction of sp³-hybridized carbons (Fsp3) is 0.105. The molecule has 0 heterocycles. The molecule has 2 rings (SSSR count). The maximum absolute atomic E-state index is 13.0. The van der Waals surface area contributed by atoms with Gasteiger partial charge in [0.2, 0.25) is 0 Å². The highest BCUT2D eigenvalue weighted by molar-refractivity contribution is 9.10. The molecule has 2 aromatic rings. The smallest absolute Gasteiger partial charge is 0.331 e. The van der Waals surface area contributed by atoms with Gasteiger partial charge in [0.25, 0.3) is 0 Å². The van der Waals surface area contributed by atoms with Crippen LogP contribution in [0.4, 0.5) is 4.39 Å². The Morgan fingerprint density at radius 1 is 1.32 bits per heavy atom. The average molecular weight is 424 g/mol. The number of ether oxygens (including phenoxy) is 2. The van der Waals surface area contributed by atoms with Crippen LogP contribution in [0.15, 0.2) is 46.9 Å². The molecular weight excluding hydrogens is 411 g/mol. The molecule has 6 heteroatoms. The lowest BCUT2D eigenvalue weighted by atomic mass is 10.2. The monoisotopic (exact) mass is 422 g/mol. The minimum Gasteiger partial charge on any atom is -0.488 e. The van der Waals surface area contributed by atoms with Crippen molar-refractivity contribution in [3.8, 4) is 18.1 Å². The number of benzene rings is 2. The molecule has 0 saturated heterocycles. The fourth-order valence-corrected chi connectivity index (χ4v) is 2.59. The summed E-state index contributed by atoms with van der Waals surface area (Å²) in [7, 11) is 0. The van der Waals surface area contributed by atoms with E-state index < -0.39 is 11.8 Å². The van der Waals surface area contributed by atoms with Gasteiger partial charge in [-0.2, -0.15) is 0 Å². The van der Waals surface area contributed by atoms with E-state index in [4.69, 9.17) is 27.5 Å². The van der Waals surface area contributed by atoms with Crippen LogP contribution in [0.2, 0.25) is 5.02 Å². The highest BCUT2D eigenvalue weighted by Gasteiger charge is 2.06. The number of rotatable bonds is 6. The van der Waals surface area contributed by atoms with E-state index in [-0.39, 0.29) is 13.2 Å². The van der Waals surface area contributed by atoms with E-state index in [1.807, 2.05) is 0 Å². The zero-order chi connectivity index (χ0) is 18.2. The molecule has 0 atom stereocenters. The van der Waals surface area contributed by atoms with Gasteiger partial charge < -0.3 is 9.47 Å². The second-order valence-corrected chi connectivity index (χ2v) is 6.12. The first-order valence-corrected chi connectivity index (χ1v) is 8.31. The highest BCUT2D eigenvalue weighted by atomic mass is 79.9. The Bertz CT molecular complexity index is 843. The van der Waals surface area contributed by atoms with Gasteiger partial charge in [-0.15, -0.1) is 6.42 Å². The van der Waals surface area contributed by atoms with Crippen molar-refractivity contribution in [2.45, 2.75) is 6.61 Å². The predicted molar refractivity (Wildman–Crippen MR) is 98.7 cm³/mol. The number of halogens is 3. The number of terminal acetylenes is 1. The SMILES string of the molecule is C#CCOC(=O)/C=C/c1ccc(OCc2ccc(F)cc2Cl)c(Br)c1. The summed E-state index contributed by atoms with van der Waals surface area (Å²) in [4.78, 5) is 11.4. The molecule has 0 aromatic heterocycles. The molecule has 25 heavy (non-hydrogen) atoms. The van der Waals surface area contributed by atoms with E-state index >= 15 is 0 Å². The van der Waals surface area contributed by atoms with Gasteiger partial charge in [-0.05, 0) is 51.8 Å². The van der Waals surface area contributed by atoms with Crippen LogP contribution in [0.25, 0.3) is 6.08 Å². The topological polar surface area (TPSA) is 35.5 Å². The Morgan fingerprint density at radius 2 is 2.12 bits per heavy atom. The van der Waals surface area contributed by atoms with Gasteiger partial charge in [0.15, 0.2) is 6.61 Å². The van der Waals surface area contributed by atoms with Gasteiger partial charge in [0.1, 0.15) is 18.2 Å². The summed E-state index contributed by atoms with van der Waals surface area (Å²) in [6.45, 7) is 0.136. The van der Waals surface area contributed by atoms with Gasteiger partial charge in [0.05, 0.1) is 9.50 Å². The van der Waals surface area contributed by atoms with Crippen molar-refractivity contribution in [1.29, 1.82) is 0 Å². The first kappa shape index (κ1) is 19.0. The lowest BCUT2D eigenvalue weighted by Crippen LogP contribution is -2.00. The number of hydrogen-bond acceptors (Lipinski definition) is 3. The molecule has 0 bridgehead atoms. The molecule has 0 amide bonds. The van der Waals surface area contributed by atoms with Crippen LogP contribution in [0.1, 0.15) is 11.1 Å². The van der Waals surface area contributed by atoms with Gasteiger partial charge >= 0.3 is 5.97 Å². The molecule has 0 N–H and O–H groups in total. The standard InChI is InChI=1S/C19H13BrClFO3/c1-2-9-24-19(23)8-4-13-3-7-18(16(20)10-13)25-12-14-5-6-15(22)11-17(14)21/h1,3-8,10-11H,9,12H2/b8-4+. The Balaban J connectivity index is 2.00. The molecule has 0 saturated carbocycles. The highest BCUT2D eigenvalue weighted by Crippen LogP contribution is 2.28. The summed E-state index contributed by atoms with van der Waals surface area (Å²) < 4.78 is 24.2. The zero-order valence-corrected chi connectivity index (χ0v) is 15.3. The Kier molecular flexibility index (Phi) is 7.05. The fourth-order valence-electron chi connectivity index (χ4n) is 1.86. The third-order valence-electron chi connectivity index (χ3n) is 3.06. The van der Waals surface area contributed by atoms with Gasteiger partial charge in [-0.25, -0.2) is 9.18 Å². The minimum absolute atomic E-state index is 0.0639. The van der Waals surface area contributed by atoms with Crippen molar-refractivity contribution < 1.29 is 18.7 Å². The van der Waals surface area contributed by atoms with E-state index in [1.165, 1.54) is 18.2 Å². The molecule has 0 spiro atoms. The van der Waals surface area contributed by atoms with Crippen molar-refractivity contribution in [3.05, 3.63) is 68.9 Å². The van der Waals surface area contributed by atoms with E-state index in [0.29, 0.717) is 20.8 Å². The number of carbonyl (C=O) groups excluding carboxylic acids is 1. The van der Waals surface area contributed by atoms with E-state index in [0.717, 1.165) is 5.56 Å². The van der Waals surface area contributed by atoms with Crippen molar-refractivity contribution in [1.82, 2.24) is 0 Å². The van der Waals surface area contributed by atoms with Crippen LogP contribution < -0.4 is 4.74 Å². The van der Waals surface area contributed by atoms with Crippen LogP contribution in [-0.2, 0) is 16.1 Å². The van der Waals surface area contributed by atoms with E-state index in [1.54, 1.807) is 30.3 Å². The Hall–Kier alpha value is -2.29. The number of carbonyl (C=O) groups is 1. The largest absolute Gasteiger partial charge is 0.488 e. The molecule has 0 unspecified atom stereocenters.